The molecule has 4 amide bonds. The van der Waals surface area contributed by atoms with Crippen molar-refractivity contribution in [1.82, 2.24) is 9.80 Å². The van der Waals surface area contributed by atoms with Crippen LogP contribution in [0, 0.1) is 0 Å². The number of nitrogens with zero attached hydrogens (tertiary/aromatic N) is 5. The summed E-state index contributed by atoms with van der Waals surface area (Å²) in [5, 5.41) is 4.63. The Kier molecular flexibility index (Phi) is 15.0. The number of aryl methyl sites for hydroxylation is 3. The molecule has 15 heteroatoms. The number of hydrogen-bond acceptors (Lipinski definition) is 10. The van der Waals surface area contributed by atoms with E-state index in [4.69, 9.17) is 29.8 Å². The van der Waals surface area contributed by atoms with Crippen LogP contribution in [-0.2, 0) is 19.3 Å². The third-order valence-corrected chi connectivity index (χ3v) is 13.9. The van der Waals surface area contributed by atoms with Crippen LogP contribution in [0.5, 0.6) is 11.5 Å². The molecular formula is C52H63BrN8O6. The lowest BCUT2D eigenvalue weighted by Crippen LogP contribution is -2.46. The zero-order valence-electron chi connectivity index (χ0n) is 38.4. The number of nitrogens with two attached hydrogens (primary N) is 2. The van der Waals surface area contributed by atoms with Gasteiger partial charge in [0, 0.05) is 97.2 Å². The van der Waals surface area contributed by atoms with E-state index in [0.29, 0.717) is 18.3 Å². The number of urea groups is 2. The van der Waals surface area contributed by atoms with Crippen LogP contribution in [0.25, 0.3) is 21.9 Å². The van der Waals surface area contributed by atoms with Gasteiger partial charge in [-0.15, -0.1) is 0 Å². The molecule has 14 nitrogen and oxygen atoms in total. The molecule has 0 saturated carbocycles. The molecule has 4 aliphatic heterocycles. The van der Waals surface area contributed by atoms with Gasteiger partial charge in [-0.3, -0.25) is 20.0 Å². The molecular weight excluding hydrogens is 913 g/mol. The molecule has 4 aliphatic rings. The van der Waals surface area contributed by atoms with E-state index < -0.39 is 12.1 Å². The Labute approximate surface area is 401 Å². The minimum atomic E-state index is -0.598. The van der Waals surface area contributed by atoms with Gasteiger partial charge in [-0.1, -0.05) is 34.1 Å². The molecule has 2 saturated heterocycles. The van der Waals surface area contributed by atoms with Gasteiger partial charge in [0.05, 0.1) is 13.2 Å². The number of hydrogen-bond donors (Lipinski definition) is 3. The lowest BCUT2D eigenvalue weighted by atomic mass is 10.0. The first-order valence-corrected chi connectivity index (χ1v) is 24.8. The van der Waals surface area contributed by atoms with Crippen molar-refractivity contribution in [2.45, 2.75) is 57.8 Å². The number of ether oxygens (including phenoxy) is 2. The zero-order valence-corrected chi connectivity index (χ0v) is 39.9. The Balaban J connectivity index is 0.000000168. The van der Waals surface area contributed by atoms with Crippen molar-refractivity contribution < 1.29 is 27.9 Å². The minimum absolute atomic E-state index is 0.479. The maximum absolute atomic E-state index is 12.1. The van der Waals surface area contributed by atoms with Crippen LogP contribution in [-0.4, -0.2) is 107 Å². The quantitative estimate of drug-likeness (QED) is 0.0899. The highest BCUT2D eigenvalue weighted by Crippen LogP contribution is 2.34. The maximum Gasteiger partial charge on any atom is 0.321 e. The number of anilines is 4. The number of furan rings is 2. The molecule has 0 radical (unpaired) electrons. The third-order valence-electron chi connectivity index (χ3n) is 13.4. The Hall–Kier alpha value is -5.90. The van der Waals surface area contributed by atoms with Crippen molar-refractivity contribution in [3.63, 3.8) is 0 Å². The summed E-state index contributed by atoms with van der Waals surface area (Å²) < 4.78 is 24.1. The predicted octanol–water partition coefficient (Wildman–Crippen LogP) is 9.40. The third kappa shape index (κ3) is 11.6. The molecule has 2 fully saturated rings. The summed E-state index contributed by atoms with van der Waals surface area (Å²) in [6.07, 6.45) is 9.30. The van der Waals surface area contributed by atoms with Crippen LogP contribution in [0.3, 0.4) is 0 Å². The number of piperazine rings is 2. The molecule has 0 unspecified atom stereocenters. The van der Waals surface area contributed by atoms with E-state index in [0.717, 1.165) is 180 Å². The molecule has 5 N–H and O–H groups in total. The van der Waals surface area contributed by atoms with E-state index in [1.54, 1.807) is 0 Å². The second-order valence-electron chi connectivity index (χ2n) is 18.0. The van der Waals surface area contributed by atoms with Gasteiger partial charge in [0.15, 0.2) is 0 Å². The number of unbranched alkanes of at least 4 members (excludes halogenated alkanes) is 2. The van der Waals surface area contributed by atoms with Crippen molar-refractivity contribution in [2.75, 3.05) is 105 Å². The van der Waals surface area contributed by atoms with Crippen molar-refractivity contribution in [1.29, 1.82) is 0 Å². The van der Waals surface area contributed by atoms with E-state index in [1.165, 1.54) is 27.4 Å². The number of para-hydroxylation sites is 1. The molecule has 10 rings (SSSR count). The first-order chi connectivity index (χ1) is 32.7. The highest BCUT2D eigenvalue weighted by Gasteiger charge is 2.23. The average molecular weight is 976 g/mol. The summed E-state index contributed by atoms with van der Waals surface area (Å²) in [5.74, 6) is 3.09. The largest absolute Gasteiger partial charge is 0.493 e. The number of fused-ring (bicyclic) bond motifs is 4. The molecule has 67 heavy (non-hydrogen) atoms. The number of rotatable bonds is 14. The van der Waals surface area contributed by atoms with E-state index >= 15 is 0 Å². The zero-order chi connectivity index (χ0) is 46.1. The van der Waals surface area contributed by atoms with Gasteiger partial charge in [0.2, 0.25) is 11.8 Å². The van der Waals surface area contributed by atoms with Crippen LogP contribution in [0.15, 0.2) is 98.2 Å². The highest BCUT2D eigenvalue weighted by atomic mass is 79.9. The molecule has 0 spiro atoms. The summed E-state index contributed by atoms with van der Waals surface area (Å²) in [6, 6.07) is 27.7. The normalized spacial score (nSPS) is 16.4. The van der Waals surface area contributed by atoms with E-state index in [1.807, 2.05) is 48.5 Å². The van der Waals surface area contributed by atoms with Crippen LogP contribution in [0.4, 0.5) is 32.7 Å². The fourth-order valence-corrected chi connectivity index (χ4v) is 10.2. The van der Waals surface area contributed by atoms with Crippen molar-refractivity contribution >= 4 is 73.1 Å². The van der Waals surface area contributed by atoms with Crippen molar-refractivity contribution in [3.8, 4) is 11.5 Å². The SMILES string of the molecule is NC(=O)N(CCCCN1CCN(c2ccc3c(c2)CCCO3)CC1)c1cc2cc(Br)ccc2o1.NC(=O)Nc1oc2ccccc2c1CCCCN1CCN(c2ccc3c(c2)CCCO3)CC1. The number of carbonyl (C=O) groups is 2. The number of primary amides is 2. The minimum Gasteiger partial charge on any atom is -0.493 e. The molecule has 6 heterocycles. The van der Waals surface area contributed by atoms with Gasteiger partial charge in [-0.25, -0.2) is 9.59 Å². The van der Waals surface area contributed by atoms with Gasteiger partial charge >= 0.3 is 12.1 Å². The summed E-state index contributed by atoms with van der Waals surface area (Å²) in [7, 11) is 0. The van der Waals surface area contributed by atoms with Crippen LogP contribution in [0.2, 0.25) is 0 Å². The lowest BCUT2D eigenvalue weighted by Gasteiger charge is -2.36. The summed E-state index contributed by atoms with van der Waals surface area (Å²) in [5.41, 5.74) is 18.8. The summed E-state index contributed by atoms with van der Waals surface area (Å²) >= 11 is 3.47. The van der Waals surface area contributed by atoms with Gasteiger partial charge in [-0.2, -0.15) is 0 Å². The monoisotopic (exact) mass is 974 g/mol. The molecule has 354 valence electrons. The first kappa shape index (κ1) is 46.2. The number of benzene rings is 4. The lowest BCUT2D eigenvalue weighted by molar-refractivity contribution is 0.248. The highest BCUT2D eigenvalue weighted by molar-refractivity contribution is 9.10. The fourth-order valence-electron chi connectivity index (χ4n) is 9.81. The Bertz CT molecular complexity index is 2630. The average Bonchev–Trinajstić information content (AvgIpc) is 3.92. The number of halogens is 1. The molecule has 0 atom stereocenters. The Morgan fingerprint density at radius 1 is 0.657 bits per heavy atom. The van der Waals surface area contributed by atoms with Crippen LogP contribution in [0.1, 0.15) is 55.2 Å². The van der Waals surface area contributed by atoms with Crippen LogP contribution >= 0.6 is 15.9 Å². The number of nitrogens with one attached hydrogen (secondary N) is 1. The van der Waals surface area contributed by atoms with Gasteiger partial charge in [0.1, 0.15) is 22.7 Å². The second-order valence-corrected chi connectivity index (χ2v) is 18.9. The Morgan fingerprint density at radius 3 is 1.88 bits per heavy atom. The van der Waals surface area contributed by atoms with Gasteiger partial charge in [-0.05, 0) is 143 Å². The first-order valence-electron chi connectivity index (χ1n) is 24.0. The summed E-state index contributed by atoms with van der Waals surface area (Å²) in [4.78, 5) is 35.0. The second kappa shape index (κ2) is 21.8. The molecule has 6 aromatic rings. The van der Waals surface area contributed by atoms with E-state index in [-0.39, 0.29) is 0 Å². The molecule has 4 aromatic carbocycles. The predicted molar refractivity (Wildman–Crippen MR) is 270 cm³/mol. The standard InChI is InChI=1S/C26H31BrN4O3.C26H32N4O3/c27-21-5-7-24-20(16-21)18-25(34-24)31(26(28)32)10-2-1-9-29-11-13-30(14-12-29)22-6-8-23-19(17-22)4-3-15-33-23;27-26(31)28-25-22(21-7-1-2-9-24(21)33-25)8-3-4-12-29-13-15-30(16-14-29)20-10-11-23-19(18-20)6-5-17-32-23/h5-8,16-18H,1-4,9-15H2,(H2,28,32);1-2,7,9-11,18H,3-6,8,12-17H2,(H3,27,28,31). The topological polar surface area (TPSA) is 159 Å². The fraction of sp³-hybridized carbons (Fsp3) is 0.423. The summed E-state index contributed by atoms with van der Waals surface area (Å²) in [6.45, 7) is 12.7. The van der Waals surface area contributed by atoms with Crippen molar-refractivity contribution in [3.05, 3.63) is 106 Å². The molecule has 0 aliphatic carbocycles. The number of amides is 4. The van der Waals surface area contributed by atoms with Crippen LogP contribution < -0.4 is 41.0 Å². The Morgan fingerprint density at radius 2 is 1.27 bits per heavy atom. The van der Waals surface area contributed by atoms with Crippen molar-refractivity contribution in [2.24, 2.45) is 11.5 Å². The smallest absolute Gasteiger partial charge is 0.321 e. The van der Waals surface area contributed by atoms with E-state index in [9.17, 15) is 9.59 Å². The van der Waals surface area contributed by atoms with Gasteiger partial charge < -0.3 is 39.6 Å². The molecule has 2 aromatic heterocycles. The molecule has 0 bridgehead atoms. The maximum atomic E-state index is 12.1. The van der Waals surface area contributed by atoms with Gasteiger partial charge in [0.25, 0.3) is 0 Å². The number of carbonyl (C=O) groups excluding carboxylic acids is 2. The van der Waals surface area contributed by atoms with E-state index in [2.05, 4.69) is 77.2 Å².